The summed E-state index contributed by atoms with van der Waals surface area (Å²) in [7, 11) is 3.39. The van der Waals surface area contributed by atoms with E-state index in [0.29, 0.717) is 47.8 Å². The number of anilines is 1. The third kappa shape index (κ3) is 5.15. The second-order valence-corrected chi connectivity index (χ2v) is 7.78. The van der Waals surface area contributed by atoms with Crippen molar-refractivity contribution in [3.8, 4) is 0 Å². The van der Waals surface area contributed by atoms with Gasteiger partial charge in [-0.25, -0.2) is 0 Å². The van der Waals surface area contributed by atoms with Gasteiger partial charge in [0.15, 0.2) is 0 Å². The number of benzene rings is 2. The molecule has 7 heteroatoms. The predicted molar refractivity (Wildman–Crippen MR) is 113 cm³/mol. The first-order chi connectivity index (χ1) is 13.8. The van der Waals surface area contributed by atoms with E-state index in [-0.39, 0.29) is 23.6 Å². The highest BCUT2D eigenvalue weighted by Crippen LogP contribution is 2.22. The second kappa shape index (κ2) is 9.09. The van der Waals surface area contributed by atoms with Crippen molar-refractivity contribution in [1.29, 1.82) is 0 Å². The van der Waals surface area contributed by atoms with E-state index in [4.69, 9.17) is 11.6 Å². The Bertz CT molecular complexity index is 887. The van der Waals surface area contributed by atoms with Crippen LogP contribution < -0.4 is 5.32 Å². The maximum Gasteiger partial charge on any atom is 0.253 e. The Kier molecular flexibility index (Phi) is 6.54. The van der Waals surface area contributed by atoms with Crippen LogP contribution >= 0.6 is 11.6 Å². The lowest BCUT2D eigenvalue weighted by Gasteiger charge is -2.31. The van der Waals surface area contributed by atoms with Gasteiger partial charge in [-0.3, -0.25) is 14.4 Å². The van der Waals surface area contributed by atoms with E-state index in [1.165, 1.54) is 4.90 Å². The molecule has 152 valence electrons. The highest BCUT2D eigenvalue weighted by atomic mass is 35.5. The van der Waals surface area contributed by atoms with E-state index in [1.807, 2.05) is 0 Å². The zero-order valence-electron chi connectivity index (χ0n) is 16.5. The van der Waals surface area contributed by atoms with Crippen LogP contribution in [0.25, 0.3) is 0 Å². The summed E-state index contributed by atoms with van der Waals surface area (Å²) in [5.41, 5.74) is 1.83. The minimum Gasteiger partial charge on any atom is -0.345 e. The molecular weight excluding hydrogens is 390 g/mol. The van der Waals surface area contributed by atoms with E-state index >= 15 is 0 Å². The number of carbonyl (C=O) groups is 3. The van der Waals surface area contributed by atoms with Gasteiger partial charge in [-0.05, 0) is 61.4 Å². The Morgan fingerprint density at radius 2 is 1.48 bits per heavy atom. The molecule has 0 spiro atoms. The van der Waals surface area contributed by atoms with Gasteiger partial charge in [0, 0.05) is 54.9 Å². The number of hydrogen-bond donors (Lipinski definition) is 1. The minimum atomic E-state index is -0.146. The molecule has 1 saturated heterocycles. The molecule has 3 rings (SSSR count). The summed E-state index contributed by atoms with van der Waals surface area (Å²) >= 11 is 5.87. The number of hydrogen-bond acceptors (Lipinski definition) is 3. The van der Waals surface area contributed by atoms with Crippen molar-refractivity contribution in [3.63, 3.8) is 0 Å². The molecule has 29 heavy (non-hydrogen) atoms. The quantitative estimate of drug-likeness (QED) is 0.833. The van der Waals surface area contributed by atoms with E-state index in [2.05, 4.69) is 5.32 Å². The van der Waals surface area contributed by atoms with Gasteiger partial charge in [-0.2, -0.15) is 0 Å². The topological polar surface area (TPSA) is 69.7 Å². The Morgan fingerprint density at radius 3 is 2.03 bits per heavy atom. The standard InChI is InChI=1S/C22H24ClN3O3/c1-25(2)21(28)16-5-9-19(10-6-16)24-20(27)15-11-13-26(14-12-15)22(29)17-3-7-18(23)8-4-17/h3-10,15H,11-14H2,1-2H3,(H,24,27). The summed E-state index contributed by atoms with van der Waals surface area (Å²) in [5.74, 6) is -0.329. The Balaban J connectivity index is 1.53. The molecule has 2 aromatic rings. The first-order valence-corrected chi connectivity index (χ1v) is 9.90. The lowest BCUT2D eigenvalue weighted by Crippen LogP contribution is -2.41. The molecule has 1 heterocycles. The normalized spacial score (nSPS) is 14.4. The number of rotatable bonds is 4. The zero-order chi connectivity index (χ0) is 21.0. The molecule has 0 radical (unpaired) electrons. The molecule has 1 N–H and O–H groups in total. The van der Waals surface area contributed by atoms with Crippen LogP contribution in [0.1, 0.15) is 33.6 Å². The number of halogens is 1. The highest BCUT2D eigenvalue weighted by molar-refractivity contribution is 6.30. The van der Waals surface area contributed by atoms with Crippen molar-refractivity contribution < 1.29 is 14.4 Å². The Hall–Kier alpha value is -2.86. The molecule has 0 bridgehead atoms. The Labute approximate surface area is 175 Å². The lowest BCUT2D eigenvalue weighted by molar-refractivity contribution is -0.121. The fraction of sp³-hybridized carbons (Fsp3) is 0.318. The lowest BCUT2D eigenvalue weighted by atomic mass is 9.95. The van der Waals surface area contributed by atoms with Gasteiger partial charge in [0.1, 0.15) is 0 Å². The van der Waals surface area contributed by atoms with Crippen LogP contribution in [0.5, 0.6) is 0 Å². The molecule has 1 fully saturated rings. The first-order valence-electron chi connectivity index (χ1n) is 9.52. The van der Waals surface area contributed by atoms with Gasteiger partial charge >= 0.3 is 0 Å². The van der Waals surface area contributed by atoms with Gasteiger partial charge < -0.3 is 15.1 Å². The van der Waals surface area contributed by atoms with E-state index in [0.717, 1.165) is 0 Å². The summed E-state index contributed by atoms with van der Waals surface area (Å²) in [6, 6.07) is 13.7. The number of piperidine rings is 1. The third-order valence-electron chi connectivity index (χ3n) is 5.05. The fourth-order valence-corrected chi connectivity index (χ4v) is 3.44. The highest BCUT2D eigenvalue weighted by Gasteiger charge is 2.28. The van der Waals surface area contributed by atoms with Crippen LogP contribution in [-0.2, 0) is 4.79 Å². The van der Waals surface area contributed by atoms with E-state index in [9.17, 15) is 14.4 Å². The van der Waals surface area contributed by atoms with Crippen molar-refractivity contribution >= 4 is 35.0 Å². The zero-order valence-corrected chi connectivity index (χ0v) is 17.3. The molecule has 1 aliphatic rings. The van der Waals surface area contributed by atoms with Crippen LogP contribution in [0, 0.1) is 5.92 Å². The molecule has 3 amide bonds. The summed E-state index contributed by atoms with van der Waals surface area (Å²) in [6.07, 6.45) is 1.23. The number of nitrogens with zero attached hydrogens (tertiary/aromatic N) is 2. The van der Waals surface area contributed by atoms with Crippen LogP contribution in [0.2, 0.25) is 5.02 Å². The maximum absolute atomic E-state index is 12.6. The van der Waals surface area contributed by atoms with E-state index in [1.54, 1.807) is 67.5 Å². The third-order valence-corrected chi connectivity index (χ3v) is 5.30. The minimum absolute atomic E-state index is 0.0401. The molecule has 0 aromatic heterocycles. The van der Waals surface area contributed by atoms with E-state index < -0.39 is 0 Å². The maximum atomic E-state index is 12.6. The smallest absolute Gasteiger partial charge is 0.253 e. The molecule has 2 aromatic carbocycles. The number of likely N-dealkylation sites (tertiary alicyclic amines) is 1. The number of nitrogens with one attached hydrogen (secondary N) is 1. The van der Waals surface area contributed by atoms with Gasteiger partial charge in [0.25, 0.3) is 11.8 Å². The number of carbonyl (C=O) groups excluding carboxylic acids is 3. The van der Waals surface area contributed by atoms with Crippen molar-refractivity contribution in [2.24, 2.45) is 5.92 Å². The Morgan fingerprint density at radius 1 is 0.931 bits per heavy atom. The van der Waals surface area contributed by atoms with Crippen LogP contribution in [-0.4, -0.2) is 54.7 Å². The first kappa shape index (κ1) is 20.9. The molecule has 0 saturated carbocycles. The van der Waals surface area contributed by atoms with Crippen LogP contribution in [0.4, 0.5) is 5.69 Å². The molecule has 0 aliphatic carbocycles. The van der Waals surface area contributed by atoms with Crippen LogP contribution in [0.3, 0.4) is 0 Å². The molecular formula is C22H24ClN3O3. The monoisotopic (exact) mass is 413 g/mol. The summed E-state index contributed by atoms with van der Waals surface area (Å²) in [6.45, 7) is 1.08. The van der Waals surface area contributed by atoms with Crippen molar-refractivity contribution in [2.45, 2.75) is 12.8 Å². The second-order valence-electron chi connectivity index (χ2n) is 7.34. The summed E-state index contributed by atoms with van der Waals surface area (Å²) in [4.78, 5) is 40.3. The van der Waals surface area contributed by atoms with Gasteiger partial charge in [0.2, 0.25) is 5.91 Å². The van der Waals surface area contributed by atoms with Gasteiger partial charge in [0.05, 0.1) is 0 Å². The predicted octanol–water partition coefficient (Wildman–Crippen LogP) is 3.53. The molecule has 0 unspecified atom stereocenters. The molecule has 0 atom stereocenters. The molecule has 1 aliphatic heterocycles. The summed E-state index contributed by atoms with van der Waals surface area (Å²) in [5, 5.41) is 3.50. The average Bonchev–Trinajstić information content (AvgIpc) is 2.74. The van der Waals surface area contributed by atoms with Gasteiger partial charge in [-0.15, -0.1) is 0 Å². The van der Waals surface area contributed by atoms with Crippen molar-refractivity contribution in [2.75, 3.05) is 32.5 Å². The van der Waals surface area contributed by atoms with Gasteiger partial charge in [-0.1, -0.05) is 11.6 Å². The van der Waals surface area contributed by atoms with Crippen molar-refractivity contribution in [1.82, 2.24) is 9.80 Å². The SMILES string of the molecule is CN(C)C(=O)c1ccc(NC(=O)C2CCN(C(=O)c3ccc(Cl)cc3)CC2)cc1. The fourth-order valence-electron chi connectivity index (χ4n) is 3.32. The number of amides is 3. The summed E-state index contributed by atoms with van der Waals surface area (Å²) < 4.78 is 0. The largest absolute Gasteiger partial charge is 0.345 e. The van der Waals surface area contributed by atoms with Crippen molar-refractivity contribution in [3.05, 3.63) is 64.7 Å². The molecule has 6 nitrogen and oxygen atoms in total. The van der Waals surface area contributed by atoms with Crippen LogP contribution in [0.15, 0.2) is 48.5 Å². The average molecular weight is 414 g/mol.